The lowest BCUT2D eigenvalue weighted by atomic mass is 10.2. The van der Waals surface area contributed by atoms with Crippen molar-refractivity contribution in [3.63, 3.8) is 0 Å². The van der Waals surface area contributed by atoms with Crippen LogP contribution in [0.1, 0.15) is 17.5 Å². The second-order valence-electron chi connectivity index (χ2n) is 5.06. The molecule has 1 aromatic heterocycles. The fourth-order valence-corrected chi connectivity index (χ4v) is 2.92. The SMILES string of the molecule is Cc1ccc(SCCCNC(=S)Nc2ncccc2C)cc1. The Hall–Kier alpha value is -1.59. The summed E-state index contributed by atoms with van der Waals surface area (Å²) in [5.74, 6) is 1.88. The fourth-order valence-electron chi connectivity index (χ4n) is 1.87. The molecule has 0 unspecified atom stereocenters. The minimum atomic E-state index is 0.627. The molecule has 0 radical (unpaired) electrons. The van der Waals surface area contributed by atoms with E-state index in [0.717, 1.165) is 30.1 Å². The molecule has 0 aliphatic rings. The molecule has 116 valence electrons. The summed E-state index contributed by atoms with van der Waals surface area (Å²) in [6.45, 7) is 4.97. The van der Waals surface area contributed by atoms with Crippen LogP contribution in [-0.4, -0.2) is 22.4 Å². The molecule has 22 heavy (non-hydrogen) atoms. The van der Waals surface area contributed by atoms with E-state index in [1.54, 1.807) is 6.20 Å². The van der Waals surface area contributed by atoms with Crippen LogP contribution >= 0.6 is 24.0 Å². The third-order valence-electron chi connectivity index (χ3n) is 3.14. The maximum atomic E-state index is 5.28. The molecule has 1 heterocycles. The summed E-state index contributed by atoms with van der Waals surface area (Å²) in [6.07, 6.45) is 2.82. The molecule has 0 fully saturated rings. The second kappa shape index (κ2) is 8.76. The molecule has 0 aliphatic heterocycles. The van der Waals surface area contributed by atoms with Gasteiger partial charge in [0.1, 0.15) is 5.82 Å². The largest absolute Gasteiger partial charge is 0.362 e. The van der Waals surface area contributed by atoms with Crippen molar-refractivity contribution >= 4 is 34.9 Å². The van der Waals surface area contributed by atoms with E-state index < -0.39 is 0 Å². The topological polar surface area (TPSA) is 37.0 Å². The number of pyridine rings is 1. The van der Waals surface area contributed by atoms with Crippen molar-refractivity contribution in [2.45, 2.75) is 25.2 Å². The normalized spacial score (nSPS) is 10.3. The van der Waals surface area contributed by atoms with Gasteiger partial charge in [0.05, 0.1) is 0 Å². The van der Waals surface area contributed by atoms with E-state index in [1.165, 1.54) is 10.5 Å². The standard InChI is InChI=1S/C17H21N3S2/c1-13-6-8-15(9-7-13)22-12-4-11-19-17(21)20-16-14(2)5-3-10-18-16/h3,5-10H,4,11-12H2,1-2H3,(H2,18,19,20,21). The highest BCUT2D eigenvalue weighted by Gasteiger charge is 2.01. The molecule has 0 atom stereocenters. The van der Waals surface area contributed by atoms with Crippen LogP contribution in [0.5, 0.6) is 0 Å². The Bertz CT molecular complexity index is 612. The van der Waals surface area contributed by atoms with Crippen LogP contribution in [0.3, 0.4) is 0 Å². The molecular formula is C17H21N3S2. The van der Waals surface area contributed by atoms with Crippen molar-refractivity contribution in [1.29, 1.82) is 0 Å². The molecule has 2 N–H and O–H groups in total. The average molecular weight is 332 g/mol. The quantitative estimate of drug-likeness (QED) is 0.472. The van der Waals surface area contributed by atoms with Crippen LogP contribution in [0.2, 0.25) is 0 Å². The van der Waals surface area contributed by atoms with Crippen molar-refractivity contribution in [2.24, 2.45) is 0 Å². The zero-order valence-electron chi connectivity index (χ0n) is 12.9. The van der Waals surface area contributed by atoms with Gasteiger partial charge in [-0.1, -0.05) is 23.8 Å². The Morgan fingerprint density at radius 3 is 2.68 bits per heavy atom. The number of hydrogen-bond donors (Lipinski definition) is 2. The summed E-state index contributed by atoms with van der Waals surface area (Å²) in [7, 11) is 0. The highest BCUT2D eigenvalue weighted by Crippen LogP contribution is 2.18. The van der Waals surface area contributed by atoms with Crippen LogP contribution in [0.15, 0.2) is 47.5 Å². The molecular weight excluding hydrogens is 310 g/mol. The number of hydrogen-bond acceptors (Lipinski definition) is 3. The lowest BCUT2D eigenvalue weighted by Gasteiger charge is -2.11. The van der Waals surface area contributed by atoms with E-state index in [4.69, 9.17) is 12.2 Å². The molecule has 0 saturated heterocycles. The Labute approximate surface area is 141 Å². The van der Waals surface area contributed by atoms with Gasteiger partial charge in [-0.25, -0.2) is 4.98 Å². The maximum Gasteiger partial charge on any atom is 0.171 e. The number of benzene rings is 1. The molecule has 3 nitrogen and oxygen atoms in total. The third kappa shape index (κ3) is 5.66. The Kier molecular flexibility index (Phi) is 6.68. The first-order valence-electron chi connectivity index (χ1n) is 7.31. The minimum Gasteiger partial charge on any atom is -0.362 e. The highest BCUT2D eigenvalue weighted by atomic mass is 32.2. The summed E-state index contributed by atoms with van der Waals surface area (Å²) < 4.78 is 0. The molecule has 2 rings (SSSR count). The number of aromatic nitrogens is 1. The first kappa shape index (κ1) is 16.8. The smallest absolute Gasteiger partial charge is 0.171 e. The number of aryl methyl sites for hydroxylation is 2. The number of thiocarbonyl (C=S) groups is 1. The predicted molar refractivity (Wildman–Crippen MR) is 99.7 cm³/mol. The van der Waals surface area contributed by atoms with Crippen molar-refractivity contribution in [2.75, 3.05) is 17.6 Å². The van der Waals surface area contributed by atoms with Gasteiger partial charge in [-0.05, 0) is 62.0 Å². The zero-order chi connectivity index (χ0) is 15.8. The lowest BCUT2D eigenvalue weighted by molar-refractivity contribution is 0.854. The van der Waals surface area contributed by atoms with Gasteiger partial charge in [0.15, 0.2) is 5.11 Å². The first-order valence-corrected chi connectivity index (χ1v) is 8.70. The van der Waals surface area contributed by atoms with Crippen LogP contribution in [-0.2, 0) is 0 Å². The van der Waals surface area contributed by atoms with Crippen LogP contribution in [0.25, 0.3) is 0 Å². The van der Waals surface area contributed by atoms with E-state index in [1.807, 2.05) is 30.8 Å². The summed E-state index contributed by atoms with van der Waals surface area (Å²) in [6, 6.07) is 12.6. The molecule has 0 saturated carbocycles. The van der Waals surface area contributed by atoms with Gasteiger partial charge in [0.25, 0.3) is 0 Å². The first-order chi connectivity index (χ1) is 10.6. The van der Waals surface area contributed by atoms with E-state index in [2.05, 4.69) is 46.8 Å². The molecule has 5 heteroatoms. The van der Waals surface area contributed by atoms with Crippen molar-refractivity contribution < 1.29 is 0 Å². The van der Waals surface area contributed by atoms with Gasteiger partial charge in [0.2, 0.25) is 0 Å². The number of nitrogens with zero attached hydrogens (tertiary/aromatic N) is 1. The van der Waals surface area contributed by atoms with E-state index in [-0.39, 0.29) is 0 Å². The highest BCUT2D eigenvalue weighted by molar-refractivity contribution is 7.99. The number of rotatable bonds is 6. The molecule has 1 aromatic carbocycles. The average Bonchev–Trinajstić information content (AvgIpc) is 2.51. The second-order valence-corrected chi connectivity index (χ2v) is 6.64. The fraction of sp³-hybridized carbons (Fsp3) is 0.294. The Morgan fingerprint density at radius 1 is 1.18 bits per heavy atom. The van der Waals surface area contributed by atoms with E-state index in [0.29, 0.717) is 5.11 Å². The molecule has 0 aliphatic carbocycles. The third-order valence-corrected chi connectivity index (χ3v) is 4.48. The number of anilines is 1. The van der Waals surface area contributed by atoms with Crippen LogP contribution in [0, 0.1) is 13.8 Å². The summed E-state index contributed by atoms with van der Waals surface area (Å²) in [5.41, 5.74) is 2.38. The zero-order valence-corrected chi connectivity index (χ0v) is 14.6. The van der Waals surface area contributed by atoms with Crippen molar-refractivity contribution in [1.82, 2.24) is 10.3 Å². The van der Waals surface area contributed by atoms with Crippen LogP contribution < -0.4 is 10.6 Å². The predicted octanol–water partition coefficient (Wildman–Crippen LogP) is 4.17. The van der Waals surface area contributed by atoms with E-state index >= 15 is 0 Å². The summed E-state index contributed by atoms with van der Waals surface area (Å²) >= 11 is 7.16. The van der Waals surface area contributed by atoms with Crippen molar-refractivity contribution in [3.8, 4) is 0 Å². The monoisotopic (exact) mass is 331 g/mol. The van der Waals surface area contributed by atoms with Crippen molar-refractivity contribution in [3.05, 3.63) is 53.7 Å². The molecule has 0 spiro atoms. The van der Waals surface area contributed by atoms with Gasteiger partial charge >= 0.3 is 0 Å². The Morgan fingerprint density at radius 2 is 1.95 bits per heavy atom. The van der Waals surface area contributed by atoms with Gasteiger partial charge in [-0.2, -0.15) is 0 Å². The summed E-state index contributed by atoms with van der Waals surface area (Å²) in [5, 5.41) is 6.98. The number of nitrogens with one attached hydrogen (secondary N) is 2. The maximum absolute atomic E-state index is 5.28. The molecule has 0 bridgehead atoms. The molecule has 2 aromatic rings. The van der Waals surface area contributed by atoms with E-state index in [9.17, 15) is 0 Å². The minimum absolute atomic E-state index is 0.627. The van der Waals surface area contributed by atoms with Gasteiger partial charge in [-0.15, -0.1) is 11.8 Å². The van der Waals surface area contributed by atoms with Gasteiger partial charge in [-0.3, -0.25) is 0 Å². The Balaban J connectivity index is 1.63. The lowest BCUT2D eigenvalue weighted by Crippen LogP contribution is -2.30. The molecule has 0 amide bonds. The van der Waals surface area contributed by atoms with Gasteiger partial charge in [0, 0.05) is 17.6 Å². The van der Waals surface area contributed by atoms with Gasteiger partial charge < -0.3 is 10.6 Å². The number of thioether (sulfide) groups is 1. The van der Waals surface area contributed by atoms with Crippen LogP contribution in [0.4, 0.5) is 5.82 Å². The summed E-state index contributed by atoms with van der Waals surface area (Å²) in [4.78, 5) is 5.58.